The summed E-state index contributed by atoms with van der Waals surface area (Å²) >= 11 is 4.12. The number of hydrogen-bond acceptors (Lipinski definition) is 18. The summed E-state index contributed by atoms with van der Waals surface area (Å²) in [6.07, 6.45) is -3.77. The standard InChI is InChI=1S/C42H48I2N6O18/c1-26(52)24-66-33(54)13-17-47-39(60)46(40(61)48(41(47)62)18-14-34(55)67-25-27(2)68-36(57)29-6-10-31(44)11-7-29)16-12-32(53)64-22-19-49-37(58)45(15-3-21-51)38(59)50(42(49)63)20-23-65-35(56)28-4-8-30(43)9-5-28/h4-11,26-27,51-52H,3,12-25H2,1-2H3. The highest BCUT2D eigenvalue weighted by atomic mass is 127. The molecule has 2 N–H and O–H groups in total. The second-order valence-electron chi connectivity index (χ2n) is 14.7. The quantitative estimate of drug-likeness (QED) is 0.0468. The second-order valence-corrected chi connectivity index (χ2v) is 17.2. The number of aliphatic hydroxyl groups excluding tert-OH is 2. The molecule has 0 spiro atoms. The van der Waals surface area contributed by atoms with E-state index >= 15 is 0 Å². The molecule has 2 aromatic heterocycles. The summed E-state index contributed by atoms with van der Waals surface area (Å²) in [5.74, 6) is -4.26. The van der Waals surface area contributed by atoms with Gasteiger partial charge in [-0.3, -0.25) is 14.4 Å². The lowest BCUT2D eigenvalue weighted by Crippen LogP contribution is -2.55. The molecule has 0 fully saturated rings. The summed E-state index contributed by atoms with van der Waals surface area (Å²) in [6.45, 7) is -2.69. The van der Waals surface area contributed by atoms with Crippen molar-refractivity contribution in [3.05, 3.63) is 130 Å². The normalized spacial score (nSPS) is 11.9. The van der Waals surface area contributed by atoms with Gasteiger partial charge < -0.3 is 33.9 Å². The molecule has 0 bridgehead atoms. The van der Waals surface area contributed by atoms with E-state index in [1.807, 2.05) is 0 Å². The number of nitrogens with zero attached hydrogens (tertiary/aromatic N) is 6. The van der Waals surface area contributed by atoms with Crippen molar-refractivity contribution in [1.82, 2.24) is 27.4 Å². The van der Waals surface area contributed by atoms with Gasteiger partial charge in [-0.15, -0.1) is 0 Å². The zero-order chi connectivity index (χ0) is 50.1. The molecule has 4 aromatic rings. The van der Waals surface area contributed by atoms with E-state index in [4.69, 9.17) is 23.7 Å². The molecule has 0 saturated heterocycles. The Balaban J connectivity index is 1.46. The smallest absolute Gasteiger partial charge is 0.338 e. The summed E-state index contributed by atoms with van der Waals surface area (Å²) < 4.78 is 31.0. The second kappa shape index (κ2) is 26.5. The Morgan fingerprint density at radius 1 is 0.500 bits per heavy atom. The van der Waals surface area contributed by atoms with Gasteiger partial charge in [-0.25, -0.2) is 65.8 Å². The molecule has 2 aromatic carbocycles. The largest absolute Gasteiger partial charge is 0.464 e. The van der Waals surface area contributed by atoms with E-state index < -0.39 is 148 Å². The lowest BCUT2D eigenvalue weighted by molar-refractivity contribution is -0.147. The maximum absolute atomic E-state index is 13.6. The topological polar surface area (TPSA) is 304 Å². The van der Waals surface area contributed by atoms with Crippen molar-refractivity contribution in [3.63, 3.8) is 0 Å². The molecule has 0 aliphatic heterocycles. The minimum absolute atomic E-state index is 0.0389. The molecule has 2 unspecified atom stereocenters. The fraction of sp³-hybridized carbons (Fsp3) is 0.452. The Bertz CT molecular complexity index is 2810. The fourth-order valence-electron chi connectivity index (χ4n) is 6.01. The van der Waals surface area contributed by atoms with E-state index in [-0.39, 0.29) is 37.3 Å². The minimum atomic E-state index is -1.24. The van der Waals surface area contributed by atoms with E-state index in [9.17, 15) is 63.0 Å². The van der Waals surface area contributed by atoms with Crippen LogP contribution < -0.4 is 34.1 Å². The molecule has 0 aliphatic rings. The zero-order valence-corrected chi connectivity index (χ0v) is 41.1. The van der Waals surface area contributed by atoms with E-state index in [0.29, 0.717) is 27.4 Å². The van der Waals surface area contributed by atoms with Crippen LogP contribution in [-0.4, -0.2) is 113 Å². The highest BCUT2D eigenvalue weighted by Crippen LogP contribution is 2.10. The van der Waals surface area contributed by atoms with Crippen LogP contribution in [0.15, 0.2) is 77.3 Å². The molecule has 0 saturated carbocycles. The van der Waals surface area contributed by atoms with Gasteiger partial charge in [0.1, 0.15) is 32.5 Å². The van der Waals surface area contributed by atoms with Crippen LogP contribution in [0.5, 0.6) is 0 Å². The van der Waals surface area contributed by atoms with Gasteiger partial charge in [-0.05, 0) is 114 Å². The predicted molar refractivity (Wildman–Crippen MR) is 252 cm³/mol. The van der Waals surface area contributed by atoms with Gasteiger partial charge >= 0.3 is 64.0 Å². The number of hydrogen-bond donors (Lipinski definition) is 2. The van der Waals surface area contributed by atoms with Gasteiger partial charge in [0.05, 0.1) is 49.6 Å². The van der Waals surface area contributed by atoms with Crippen LogP contribution in [0.3, 0.4) is 0 Å². The van der Waals surface area contributed by atoms with Crippen LogP contribution in [-0.2, 0) is 77.3 Å². The van der Waals surface area contributed by atoms with E-state index in [0.717, 1.165) is 7.14 Å². The molecule has 68 heavy (non-hydrogen) atoms. The first kappa shape index (κ1) is 54.6. The van der Waals surface area contributed by atoms with Gasteiger partial charge in [0.2, 0.25) is 0 Å². The van der Waals surface area contributed by atoms with Crippen molar-refractivity contribution >= 4 is 75.0 Å². The fourth-order valence-corrected chi connectivity index (χ4v) is 6.73. The first-order chi connectivity index (χ1) is 32.3. The lowest BCUT2D eigenvalue weighted by Gasteiger charge is -2.15. The molecular formula is C42H48I2N6O18. The molecule has 0 radical (unpaired) electrons. The maximum Gasteiger partial charge on any atom is 0.338 e. The van der Waals surface area contributed by atoms with Crippen LogP contribution in [0.2, 0.25) is 0 Å². The molecule has 2 atom stereocenters. The molecular weight excluding hydrogens is 1130 g/mol. The number of carbonyl (C=O) groups excluding carboxylic acids is 5. The minimum Gasteiger partial charge on any atom is -0.464 e. The Kier molecular flexibility index (Phi) is 21.3. The lowest BCUT2D eigenvalue weighted by atomic mass is 10.2. The van der Waals surface area contributed by atoms with Crippen LogP contribution in [0.1, 0.15) is 60.2 Å². The molecule has 2 heterocycles. The summed E-state index contributed by atoms with van der Waals surface area (Å²) in [6, 6.07) is 12.9. The first-order valence-corrected chi connectivity index (χ1v) is 23.0. The third-order valence-electron chi connectivity index (χ3n) is 9.49. The zero-order valence-electron chi connectivity index (χ0n) is 36.7. The summed E-state index contributed by atoms with van der Waals surface area (Å²) in [5.41, 5.74) is -6.44. The van der Waals surface area contributed by atoms with Crippen LogP contribution in [0, 0.1) is 7.14 Å². The van der Waals surface area contributed by atoms with E-state index in [1.54, 1.807) is 36.4 Å². The molecule has 368 valence electrons. The number of ether oxygens (including phenoxy) is 5. The average Bonchev–Trinajstić information content (AvgIpc) is 3.29. The van der Waals surface area contributed by atoms with Crippen molar-refractivity contribution in [2.75, 3.05) is 33.0 Å². The number of benzene rings is 2. The Labute approximate surface area is 411 Å². The SMILES string of the molecule is CC(O)COC(=O)CCn1c(=O)n(CCC(=O)OCCn2c(=O)n(CCCO)c(=O)n(CCOC(=O)c3ccc(I)cc3)c2=O)c(=O)n(CCC(=O)OCC(C)OC(=O)c2ccc(I)cc2)c1=O. The molecule has 26 heteroatoms. The van der Waals surface area contributed by atoms with Crippen molar-refractivity contribution in [3.8, 4) is 0 Å². The monoisotopic (exact) mass is 1180 g/mol. The molecule has 0 amide bonds. The Morgan fingerprint density at radius 2 is 0.853 bits per heavy atom. The highest BCUT2D eigenvalue weighted by Gasteiger charge is 2.21. The summed E-state index contributed by atoms with van der Waals surface area (Å²) in [4.78, 5) is 143. The average molecular weight is 1180 g/mol. The van der Waals surface area contributed by atoms with Gasteiger partial charge in [-0.1, -0.05) is 0 Å². The number of rotatable bonds is 25. The Hall–Kier alpha value is -6.01. The highest BCUT2D eigenvalue weighted by molar-refractivity contribution is 14.1. The van der Waals surface area contributed by atoms with Crippen molar-refractivity contribution in [1.29, 1.82) is 0 Å². The van der Waals surface area contributed by atoms with Gasteiger partial charge in [0, 0.05) is 39.9 Å². The van der Waals surface area contributed by atoms with Crippen LogP contribution >= 0.6 is 45.2 Å². The number of aliphatic hydroxyl groups is 2. The van der Waals surface area contributed by atoms with Crippen LogP contribution in [0.4, 0.5) is 0 Å². The number of halogens is 2. The maximum atomic E-state index is 13.6. The summed E-state index contributed by atoms with van der Waals surface area (Å²) in [7, 11) is 0. The van der Waals surface area contributed by atoms with Crippen LogP contribution in [0.25, 0.3) is 0 Å². The molecule has 0 aliphatic carbocycles. The van der Waals surface area contributed by atoms with Crippen molar-refractivity contribution in [2.45, 2.75) is 91.0 Å². The number of esters is 5. The van der Waals surface area contributed by atoms with Gasteiger partial charge in [0.25, 0.3) is 0 Å². The number of carbonyl (C=O) groups is 5. The number of aromatic nitrogens is 6. The first-order valence-electron chi connectivity index (χ1n) is 20.9. The Morgan fingerprint density at radius 3 is 1.26 bits per heavy atom. The van der Waals surface area contributed by atoms with Crippen molar-refractivity contribution in [2.24, 2.45) is 0 Å². The van der Waals surface area contributed by atoms with E-state index in [1.165, 1.54) is 26.0 Å². The van der Waals surface area contributed by atoms with Gasteiger partial charge in [0.15, 0.2) is 0 Å². The predicted octanol–water partition coefficient (Wildman–Crippen LogP) is -0.768. The third-order valence-corrected chi connectivity index (χ3v) is 10.9. The van der Waals surface area contributed by atoms with Gasteiger partial charge in [-0.2, -0.15) is 0 Å². The molecule has 24 nitrogen and oxygen atoms in total. The van der Waals surface area contributed by atoms with Crippen molar-refractivity contribution < 1.29 is 57.9 Å². The third kappa shape index (κ3) is 15.8. The summed E-state index contributed by atoms with van der Waals surface area (Å²) in [5, 5.41) is 18.8. The van der Waals surface area contributed by atoms with E-state index in [2.05, 4.69) is 45.2 Å². The molecule has 4 rings (SSSR count).